The first-order valence-electron chi connectivity index (χ1n) is 6.06. The van der Waals surface area contributed by atoms with Crippen LogP contribution in [-0.2, 0) is 11.8 Å². The largest absolute Gasteiger partial charge is 0.0960 e. The normalized spacial score (nSPS) is 17.9. The van der Waals surface area contributed by atoms with Gasteiger partial charge in [0, 0.05) is 0 Å². The van der Waals surface area contributed by atoms with Crippen LogP contribution >= 0.6 is 0 Å². The molecule has 82 valence electrons. The van der Waals surface area contributed by atoms with Crippen LogP contribution in [0.4, 0.5) is 0 Å². The van der Waals surface area contributed by atoms with Gasteiger partial charge in [-0.25, -0.2) is 0 Å². The van der Waals surface area contributed by atoms with E-state index in [1.54, 1.807) is 0 Å². The van der Waals surface area contributed by atoms with Crippen LogP contribution in [0.5, 0.6) is 0 Å². The summed E-state index contributed by atoms with van der Waals surface area (Å²) in [4.78, 5) is 0. The van der Waals surface area contributed by atoms with Gasteiger partial charge in [0.2, 0.25) is 0 Å². The summed E-state index contributed by atoms with van der Waals surface area (Å²) in [6.07, 6.45) is 4.34. The van der Waals surface area contributed by atoms with Crippen molar-refractivity contribution in [2.45, 2.75) is 44.8 Å². The third kappa shape index (κ3) is 1.96. The predicted octanol–water partition coefficient (Wildman–Crippen LogP) is 3.90. The second-order valence-corrected chi connectivity index (χ2v) is 5.42. The first-order chi connectivity index (χ1) is 7.54. The molecule has 1 heteroatoms. The molecule has 0 aromatic heterocycles. The third-order valence-corrected chi connectivity index (χ3v) is 3.74. The van der Waals surface area contributed by atoms with Crippen molar-refractivity contribution in [2.24, 2.45) is 0 Å². The summed E-state index contributed by atoms with van der Waals surface area (Å²) in [6, 6.07) is 6.71. The molecule has 0 saturated carbocycles. The Morgan fingerprint density at radius 2 is 2.19 bits per heavy atom. The van der Waals surface area contributed by atoms with Crippen molar-refractivity contribution < 1.29 is 0 Å². The van der Waals surface area contributed by atoms with E-state index in [1.807, 2.05) is 0 Å². The van der Waals surface area contributed by atoms with Crippen molar-refractivity contribution in [1.82, 2.24) is 0 Å². The zero-order valence-corrected chi connectivity index (χ0v) is 10.3. The lowest BCUT2D eigenvalue weighted by Gasteiger charge is -2.33. The highest BCUT2D eigenvalue weighted by Crippen LogP contribution is 2.38. The molecule has 0 atom stereocenters. The summed E-state index contributed by atoms with van der Waals surface area (Å²) in [5.74, 6) is 0. The smallest absolute Gasteiger partial charge is 0.0716 e. The minimum Gasteiger partial charge on any atom is -0.0960 e. The van der Waals surface area contributed by atoms with E-state index in [9.17, 15) is 0 Å². The Bertz CT molecular complexity index is 415. The van der Waals surface area contributed by atoms with Gasteiger partial charge in [-0.1, -0.05) is 50.5 Å². The lowest BCUT2D eigenvalue weighted by atomic mass is 9.72. The molecule has 1 aliphatic carbocycles. The van der Waals surface area contributed by atoms with Crippen LogP contribution in [-0.4, -0.2) is 7.85 Å². The molecular formula is C15H19B. The Morgan fingerprint density at radius 3 is 2.88 bits per heavy atom. The maximum Gasteiger partial charge on any atom is 0.0716 e. The molecular weight excluding hydrogens is 191 g/mol. The summed E-state index contributed by atoms with van der Waals surface area (Å²) < 4.78 is 0. The van der Waals surface area contributed by atoms with Crippen LogP contribution < -0.4 is 0 Å². The topological polar surface area (TPSA) is 0 Å². The molecule has 1 aromatic carbocycles. The van der Waals surface area contributed by atoms with Gasteiger partial charge >= 0.3 is 0 Å². The van der Waals surface area contributed by atoms with Crippen LogP contribution in [0.3, 0.4) is 0 Å². The summed E-state index contributed by atoms with van der Waals surface area (Å²) in [5, 5.41) is 0. The number of aryl methyl sites for hydroxylation is 1. The minimum absolute atomic E-state index is 0.304. The van der Waals surface area contributed by atoms with Gasteiger partial charge in [-0.05, 0) is 41.4 Å². The number of fused-ring (bicyclic) bond motifs is 1. The molecule has 1 aliphatic rings. The number of allylic oxidation sites excluding steroid dienone is 1. The number of benzene rings is 1. The van der Waals surface area contributed by atoms with Crippen LogP contribution in [0.25, 0.3) is 5.57 Å². The van der Waals surface area contributed by atoms with Crippen molar-refractivity contribution in [3.63, 3.8) is 0 Å². The average molecular weight is 210 g/mol. The monoisotopic (exact) mass is 210 g/mol. The summed E-state index contributed by atoms with van der Waals surface area (Å²) in [5.41, 5.74) is 5.54. The average Bonchev–Trinajstić information content (AvgIpc) is 2.27. The summed E-state index contributed by atoms with van der Waals surface area (Å²) >= 11 is 0. The van der Waals surface area contributed by atoms with Crippen molar-refractivity contribution in [2.75, 3.05) is 0 Å². The molecule has 0 nitrogen and oxygen atoms in total. The standard InChI is InChI=1S/C15H19B/c1-11(10-16)13-7-6-12-5-4-8-15(2,3)14(12)9-13/h6-7,9H,1,4-5,8,10H2,2-3H3. The molecule has 0 N–H and O–H groups in total. The summed E-state index contributed by atoms with van der Waals surface area (Å²) in [6.45, 7) is 8.68. The predicted molar refractivity (Wildman–Crippen MR) is 72.0 cm³/mol. The van der Waals surface area contributed by atoms with Gasteiger partial charge in [-0.15, -0.1) is 0 Å². The number of rotatable bonds is 2. The molecule has 0 unspecified atom stereocenters. The lowest BCUT2D eigenvalue weighted by molar-refractivity contribution is 0.432. The van der Waals surface area contributed by atoms with Crippen LogP contribution in [0, 0.1) is 0 Å². The zero-order chi connectivity index (χ0) is 11.8. The van der Waals surface area contributed by atoms with E-state index >= 15 is 0 Å². The SMILES string of the molecule is [B]CC(=C)c1ccc2c(c1)C(C)(C)CCC2. The van der Waals surface area contributed by atoms with E-state index in [1.165, 1.54) is 36.0 Å². The van der Waals surface area contributed by atoms with Crippen molar-refractivity contribution in [3.8, 4) is 0 Å². The molecule has 2 radical (unpaired) electrons. The second kappa shape index (κ2) is 4.12. The minimum atomic E-state index is 0.304. The fourth-order valence-corrected chi connectivity index (χ4v) is 2.62. The molecule has 1 aromatic rings. The molecule has 0 heterocycles. The van der Waals surface area contributed by atoms with Crippen LogP contribution in [0.1, 0.15) is 43.4 Å². The van der Waals surface area contributed by atoms with Gasteiger partial charge in [-0.2, -0.15) is 0 Å². The molecule has 16 heavy (non-hydrogen) atoms. The molecule has 0 spiro atoms. The molecule has 0 saturated heterocycles. The number of hydrogen-bond donors (Lipinski definition) is 0. The first kappa shape index (κ1) is 11.5. The second-order valence-electron chi connectivity index (χ2n) is 5.42. The Morgan fingerprint density at radius 1 is 1.44 bits per heavy atom. The van der Waals surface area contributed by atoms with Gasteiger partial charge in [0.25, 0.3) is 0 Å². The van der Waals surface area contributed by atoms with Gasteiger partial charge in [0.15, 0.2) is 0 Å². The Kier molecular flexibility index (Phi) is 2.97. The zero-order valence-electron chi connectivity index (χ0n) is 10.3. The van der Waals surface area contributed by atoms with Gasteiger partial charge in [-0.3, -0.25) is 0 Å². The molecule has 0 amide bonds. The Hall–Kier alpha value is -0.975. The van der Waals surface area contributed by atoms with Crippen molar-refractivity contribution in [1.29, 1.82) is 0 Å². The van der Waals surface area contributed by atoms with Crippen LogP contribution in [0.15, 0.2) is 24.8 Å². The molecule has 2 rings (SSSR count). The van der Waals surface area contributed by atoms with Gasteiger partial charge in [0.05, 0.1) is 7.85 Å². The van der Waals surface area contributed by atoms with Crippen molar-refractivity contribution in [3.05, 3.63) is 41.5 Å². The van der Waals surface area contributed by atoms with E-state index in [0.717, 1.165) is 5.57 Å². The van der Waals surface area contributed by atoms with E-state index in [2.05, 4.69) is 38.6 Å². The van der Waals surface area contributed by atoms with Gasteiger partial charge < -0.3 is 0 Å². The first-order valence-corrected chi connectivity index (χ1v) is 6.06. The molecule has 0 fully saturated rings. The fourth-order valence-electron chi connectivity index (χ4n) is 2.62. The highest BCUT2D eigenvalue weighted by Gasteiger charge is 2.27. The Balaban J connectivity index is 2.47. The summed E-state index contributed by atoms with van der Waals surface area (Å²) in [7, 11) is 5.65. The van der Waals surface area contributed by atoms with E-state index in [0.29, 0.717) is 11.7 Å². The van der Waals surface area contributed by atoms with E-state index < -0.39 is 0 Å². The Labute approximate surface area is 100 Å². The quantitative estimate of drug-likeness (QED) is 0.649. The maximum atomic E-state index is 5.65. The highest BCUT2D eigenvalue weighted by atomic mass is 14.3. The molecule has 0 bridgehead atoms. The molecule has 0 aliphatic heterocycles. The fraction of sp³-hybridized carbons (Fsp3) is 0.467. The van der Waals surface area contributed by atoms with E-state index in [-0.39, 0.29) is 0 Å². The van der Waals surface area contributed by atoms with Crippen LogP contribution in [0.2, 0.25) is 6.32 Å². The van der Waals surface area contributed by atoms with Crippen molar-refractivity contribution >= 4 is 13.4 Å². The highest BCUT2D eigenvalue weighted by molar-refractivity contribution is 6.14. The van der Waals surface area contributed by atoms with E-state index in [4.69, 9.17) is 7.85 Å². The third-order valence-electron chi connectivity index (χ3n) is 3.74. The lowest BCUT2D eigenvalue weighted by Crippen LogP contribution is -2.23. The number of hydrogen-bond acceptors (Lipinski definition) is 0. The van der Waals surface area contributed by atoms with Gasteiger partial charge in [0.1, 0.15) is 0 Å². The maximum absolute atomic E-state index is 5.65.